The Morgan fingerprint density at radius 3 is 2.76 bits per heavy atom. The maximum absolute atomic E-state index is 13.2. The summed E-state index contributed by atoms with van der Waals surface area (Å²) in [5.74, 6) is -0.258. The van der Waals surface area contributed by atoms with E-state index in [1.807, 2.05) is 35.4 Å². The summed E-state index contributed by atoms with van der Waals surface area (Å²) >= 11 is 6.20. The molecule has 2 heterocycles. The van der Waals surface area contributed by atoms with Crippen LogP contribution >= 0.6 is 11.6 Å². The quantitative estimate of drug-likeness (QED) is 0.714. The van der Waals surface area contributed by atoms with Gasteiger partial charge in [-0.3, -0.25) is 0 Å². The summed E-state index contributed by atoms with van der Waals surface area (Å²) in [6.07, 6.45) is 1.53. The Morgan fingerprint density at radius 1 is 1.16 bits per heavy atom. The molecule has 5 nitrogen and oxygen atoms in total. The number of nitrogens with zero attached hydrogens (tertiary/aromatic N) is 4. The largest absolute Gasteiger partial charge is 0.350 e. The molecule has 25 heavy (non-hydrogen) atoms. The molecule has 0 radical (unpaired) electrons. The van der Waals surface area contributed by atoms with Crippen molar-refractivity contribution < 1.29 is 9.13 Å². The average Bonchev–Trinajstić information content (AvgIpc) is 3.27. The highest BCUT2D eigenvalue weighted by Crippen LogP contribution is 2.31. The molecule has 0 N–H and O–H groups in total. The number of halogens is 2. The molecule has 1 aliphatic rings. The first-order chi connectivity index (χ1) is 12.2. The van der Waals surface area contributed by atoms with E-state index in [1.54, 1.807) is 16.8 Å². The van der Waals surface area contributed by atoms with Gasteiger partial charge in [0.25, 0.3) is 0 Å². The van der Waals surface area contributed by atoms with Gasteiger partial charge >= 0.3 is 0 Å². The van der Waals surface area contributed by atoms with Crippen LogP contribution in [0.3, 0.4) is 0 Å². The van der Waals surface area contributed by atoms with Gasteiger partial charge in [-0.15, -0.1) is 5.10 Å². The molecule has 2 aromatic carbocycles. The highest BCUT2D eigenvalue weighted by Gasteiger charge is 2.29. The van der Waals surface area contributed by atoms with Crippen molar-refractivity contribution in [1.82, 2.24) is 15.0 Å². The second kappa shape index (κ2) is 6.82. The van der Waals surface area contributed by atoms with Crippen LogP contribution < -0.4 is 4.90 Å². The lowest BCUT2D eigenvalue weighted by atomic mass is 10.2. The summed E-state index contributed by atoms with van der Waals surface area (Å²) in [5, 5.41) is 9.13. The maximum Gasteiger partial charge on any atom is 0.177 e. The molecule has 1 aliphatic heterocycles. The van der Waals surface area contributed by atoms with Crippen LogP contribution in [0.2, 0.25) is 5.02 Å². The van der Waals surface area contributed by atoms with Crippen molar-refractivity contribution in [3.05, 3.63) is 76.8 Å². The van der Waals surface area contributed by atoms with Gasteiger partial charge in [-0.1, -0.05) is 35.0 Å². The Labute approximate surface area is 149 Å². The molecule has 0 amide bonds. The molecule has 0 aliphatic carbocycles. The molecule has 4 rings (SSSR count). The Morgan fingerprint density at radius 2 is 1.96 bits per heavy atom. The Kier molecular flexibility index (Phi) is 4.38. The van der Waals surface area contributed by atoms with Crippen molar-refractivity contribution in [3.8, 4) is 0 Å². The van der Waals surface area contributed by atoms with E-state index >= 15 is 0 Å². The van der Waals surface area contributed by atoms with Gasteiger partial charge in [0, 0.05) is 17.3 Å². The normalized spacial score (nSPS) is 17.2. The Hall–Kier alpha value is -2.44. The van der Waals surface area contributed by atoms with Crippen molar-refractivity contribution >= 4 is 17.3 Å². The first-order valence-electron chi connectivity index (χ1n) is 7.98. The molecular weight excluding hydrogens is 343 g/mol. The van der Waals surface area contributed by atoms with E-state index in [0.29, 0.717) is 30.4 Å². The monoisotopic (exact) mass is 358 g/mol. The summed E-state index contributed by atoms with van der Waals surface area (Å²) in [7, 11) is 0. The fourth-order valence-electron chi connectivity index (χ4n) is 2.92. The fraction of sp³-hybridized carbons (Fsp3) is 0.222. The van der Waals surface area contributed by atoms with E-state index < -0.39 is 0 Å². The SMILES string of the molecule is Fc1ccc(N2CCO[C@@H]2c2cn(Cc3ccccc3Cl)nn2)cc1. The highest BCUT2D eigenvalue weighted by molar-refractivity contribution is 6.31. The number of hydrogen-bond acceptors (Lipinski definition) is 4. The number of benzene rings is 2. The Balaban J connectivity index is 1.54. The van der Waals surface area contributed by atoms with E-state index in [1.165, 1.54) is 12.1 Å². The smallest absolute Gasteiger partial charge is 0.177 e. The zero-order valence-electron chi connectivity index (χ0n) is 13.3. The van der Waals surface area contributed by atoms with Gasteiger partial charge in [0.1, 0.15) is 11.5 Å². The first-order valence-corrected chi connectivity index (χ1v) is 8.36. The third kappa shape index (κ3) is 3.36. The number of rotatable bonds is 4. The predicted molar refractivity (Wildman–Crippen MR) is 93.0 cm³/mol. The molecule has 128 valence electrons. The summed E-state index contributed by atoms with van der Waals surface area (Å²) in [6.45, 7) is 1.84. The second-order valence-corrected chi connectivity index (χ2v) is 6.23. The molecule has 0 saturated carbocycles. The van der Waals surface area contributed by atoms with Crippen molar-refractivity contribution in [2.75, 3.05) is 18.1 Å². The van der Waals surface area contributed by atoms with Crippen molar-refractivity contribution in [3.63, 3.8) is 0 Å². The lowest BCUT2D eigenvalue weighted by Gasteiger charge is -2.23. The van der Waals surface area contributed by atoms with Crippen molar-refractivity contribution in [2.45, 2.75) is 12.8 Å². The van der Waals surface area contributed by atoms with Crippen LogP contribution in [-0.2, 0) is 11.3 Å². The number of ether oxygens (including phenoxy) is 1. The molecular formula is C18H16ClFN4O. The van der Waals surface area contributed by atoms with Crippen LogP contribution in [-0.4, -0.2) is 28.1 Å². The van der Waals surface area contributed by atoms with E-state index in [0.717, 1.165) is 11.3 Å². The van der Waals surface area contributed by atoms with Crippen LogP contribution in [0.5, 0.6) is 0 Å². The summed E-state index contributed by atoms with van der Waals surface area (Å²) in [6, 6.07) is 14.0. The van der Waals surface area contributed by atoms with Crippen LogP contribution in [0.1, 0.15) is 17.5 Å². The summed E-state index contributed by atoms with van der Waals surface area (Å²) in [5.41, 5.74) is 2.58. The zero-order chi connectivity index (χ0) is 17.2. The van der Waals surface area contributed by atoms with Crippen LogP contribution in [0.15, 0.2) is 54.7 Å². The minimum atomic E-state index is -0.328. The minimum absolute atomic E-state index is 0.258. The molecule has 0 bridgehead atoms. The van der Waals surface area contributed by atoms with E-state index in [2.05, 4.69) is 10.3 Å². The first kappa shape index (κ1) is 16.1. The average molecular weight is 359 g/mol. The van der Waals surface area contributed by atoms with Crippen molar-refractivity contribution in [1.29, 1.82) is 0 Å². The van der Waals surface area contributed by atoms with Gasteiger partial charge in [0.15, 0.2) is 6.23 Å². The summed E-state index contributed by atoms with van der Waals surface area (Å²) in [4.78, 5) is 2.04. The number of anilines is 1. The highest BCUT2D eigenvalue weighted by atomic mass is 35.5. The molecule has 3 aromatic rings. The lowest BCUT2D eigenvalue weighted by Crippen LogP contribution is -2.23. The molecule has 1 fully saturated rings. The predicted octanol–water partition coefficient (Wildman–Crippen LogP) is 3.65. The van der Waals surface area contributed by atoms with Gasteiger partial charge in [-0.05, 0) is 35.9 Å². The van der Waals surface area contributed by atoms with Gasteiger partial charge in [0.05, 0.1) is 19.3 Å². The Bertz CT molecular complexity index is 868. The van der Waals surface area contributed by atoms with E-state index in [4.69, 9.17) is 16.3 Å². The fourth-order valence-corrected chi connectivity index (χ4v) is 3.11. The third-order valence-electron chi connectivity index (χ3n) is 4.15. The lowest BCUT2D eigenvalue weighted by molar-refractivity contribution is 0.110. The molecule has 0 spiro atoms. The molecule has 7 heteroatoms. The van der Waals surface area contributed by atoms with Crippen LogP contribution in [0, 0.1) is 5.82 Å². The summed E-state index contributed by atoms with van der Waals surface area (Å²) < 4.78 is 20.7. The molecule has 1 atom stereocenters. The van der Waals surface area contributed by atoms with Crippen LogP contribution in [0.25, 0.3) is 0 Å². The molecule has 1 aromatic heterocycles. The van der Waals surface area contributed by atoms with Crippen molar-refractivity contribution in [2.24, 2.45) is 0 Å². The van der Waals surface area contributed by atoms with Crippen LogP contribution in [0.4, 0.5) is 10.1 Å². The standard InChI is InChI=1S/C18H16ClFN4O/c19-16-4-2-1-3-13(16)11-23-12-17(21-22-23)18-24(9-10-25-18)15-7-5-14(20)6-8-15/h1-8,12,18H,9-11H2/t18-/m1/s1. The van der Waals surface area contributed by atoms with E-state index in [9.17, 15) is 4.39 Å². The molecule has 0 unspecified atom stereocenters. The van der Waals surface area contributed by atoms with E-state index in [-0.39, 0.29) is 12.0 Å². The second-order valence-electron chi connectivity index (χ2n) is 5.83. The topological polar surface area (TPSA) is 43.2 Å². The molecule has 1 saturated heterocycles. The number of hydrogen-bond donors (Lipinski definition) is 0. The number of aromatic nitrogens is 3. The minimum Gasteiger partial charge on any atom is -0.350 e. The van der Waals surface area contributed by atoms with Gasteiger partial charge < -0.3 is 9.64 Å². The zero-order valence-corrected chi connectivity index (χ0v) is 14.1. The third-order valence-corrected chi connectivity index (χ3v) is 4.52. The van der Waals surface area contributed by atoms with Gasteiger partial charge in [0.2, 0.25) is 0 Å². The van der Waals surface area contributed by atoms with Gasteiger partial charge in [-0.25, -0.2) is 9.07 Å². The maximum atomic E-state index is 13.2. The van der Waals surface area contributed by atoms with Gasteiger partial charge in [-0.2, -0.15) is 0 Å².